The molecule has 0 saturated carbocycles. The van der Waals surface area contributed by atoms with Crippen LogP contribution in [-0.2, 0) is 4.79 Å². The van der Waals surface area contributed by atoms with Crippen molar-refractivity contribution in [3.63, 3.8) is 0 Å². The molecule has 0 saturated heterocycles. The Labute approximate surface area is 65.0 Å². The van der Waals surface area contributed by atoms with Crippen molar-refractivity contribution in [2.75, 3.05) is 5.33 Å². The van der Waals surface area contributed by atoms with Crippen molar-refractivity contribution in [2.45, 2.75) is 26.2 Å². The van der Waals surface area contributed by atoms with Crippen molar-refractivity contribution >= 4 is 22.2 Å². The molecule has 1 atom stereocenters. The monoisotopic (exact) mass is 192 g/mol. The van der Waals surface area contributed by atoms with E-state index in [1.165, 1.54) is 0 Å². The number of halogens is 1. The highest BCUT2D eigenvalue weighted by Gasteiger charge is 2.01. The van der Waals surface area contributed by atoms with Gasteiger partial charge in [-0.3, -0.25) is 0 Å². The van der Waals surface area contributed by atoms with Gasteiger partial charge in [0.15, 0.2) is 0 Å². The lowest BCUT2D eigenvalue weighted by Crippen LogP contribution is -1.99. The van der Waals surface area contributed by atoms with Gasteiger partial charge in [0.05, 0.1) is 0 Å². The van der Waals surface area contributed by atoms with Crippen LogP contribution in [0.2, 0.25) is 0 Å². The van der Waals surface area contributed by atoms with Crippen LogP contribution in [0.3, 0.4) is 0 Å². The van der Waals surface area contributed by atoms with Crippen LogP contribution < -0.4 is 0 Å². The second kappa shape index (κ2) is 6.27. The topological polar surface area (TPSA) is 17.1 Å². The van der Waals surface area contributed by atoms with Crippen LogP contribution >= 0.6 is 15.9 Å². The van der Waals surface area contributed by atoms with E-state index in [1.54, 1.807) is 0 Å². The van der Waals surface area contributed by atoms with Gasteiger partial charge >= 0.3 is 0 Å². The molecular formula is C7H13BrO. The molecule has 0 rings (SSSR count). The Balaban J connectivity index is 3.20. The van der Waals surface area contributed by atoms with Crippen LogP contribution in [0, 0.1) is 5.92 Å². The molecule has 1 nitrogen and oxygen atoms in total. The molecule has 0 amide bonds. The molecule has 0 heterocycles. The molecular weight excluding hydrogens is 180 g/mol. The van der Waals surface area contributed by atoms with E-state index >= 15 is 0 Å². The summed E-state index contributed by atoms with van der Waals surface area (Å²) in [6.07, 6.45) is 4.18. The van der Waals surface area contributed by atoms with E-state index in [1.807, 2.05) is 6.92 Å². The standard InChI is InChI=1S/C7H13BrO/c1-2-7(6-9)4-3-5-8/h6-7H,2-5H2,1H3. The van der Waals surface area contributed by atoms with Crippen molar-refractivity contribution in [3.05, 3.63) is 0 Å². The molecule has 9 heavy (non-hydrogen) atoms. The summed E-state index contributed by atoms with van der Waals surface area (Å²) in [7, 11) is 0. The molecule has 0 fully saturated rings. The van der Waals surface area contributed by atoms with Crippen LogP contribution in [0.4, 0.5) is 0 Å². The van der Waals surface area contributed by atoms with Crippen LogP contribution in [0.25, 0.3) is 0 Å². The minimum Gasteiger partial charge on any atom is -0.303 e. The van der Waals surface area contributed by atoms with Crippen molar-refractivity contribution in [1.29, 1.82) is 0 Å². The number of alkyl halides is 1. The zero-order valence-corrected chi connectivity index (χ0v) is 7.36. The van der Waals surface area contributed by atoms with Gasteiger partial charge in [-0.05, 0) is 19.3 Å². The van der Waals surface area contributed by atoms with Crippen LogP contribution in [0.1, 0.15) is 26.2 Å². The summed E-state index contributed by atoms with van der Waals surface area (Å²) in [5.74, 6) is 0.294. The second-order valence-electron chi connectivity index (χ2n) is 2.14. The van der Waals surface area contributed by atoms with Gasteiger partial charge < -0.3 is 4.79 Å². The summed E-state index contributed by atoms with van der Waals surface area (Å²) in [6.45, 7) is 2.05. The number of hydrogen-bond donors (Lipinski definition) is 0. The van der Waals surface area contributed by atoms with Gasteiger partial charge in [-0.25, -0.2) is 0 Å². The summed E-state index contributed by atoms with van der Waals surface area (Å²) in [5.41, 5.74) is 0. The van der Waals surface area contributed by atoms with Crippen LogP contribution in [0.15, 0.2) is 0 Å². The third-order valence-corrected chi connectivity index (χ3v) is 1.99. The van der Waals surface area contributed by atoms with E-state index in [9.17, 15) is 4.79 Å². The first-order valence-corrected chi connectivity index (χ1v) is 4.48. The van der Waals surface area contributed by atoms with E-state index in [0.717, 1.165) is 30.9 Å². The maximum atomic E-state index is 10.2. The van der Waals surface area contributed by atoms with Crippen molar-refractivity contribution in [2.24, 2.45) is 5.92 Å². The molecule has 0 aromatic carbocycles. The van der Waals surface area contributed by atoms with E-state index in [-0.39, 0.29) is 0 Å². The fourth-order valence-electron chi connectivity index (χ4n) is 0.708. The Hall–Kier alpha value is 0.150. The normalized spacial score (nSPS) is 13.1. The zero-order chi connectivity index (χ0) is 7.11. The lowest BCUT2D eigenvalue weighted by Gasteiger charge is -2.02. The van der Waals surface area contributed by atoms with E-state index in [2.05, 4.69) is 15.9 Å². The van der Waals surface area contributed by atoms with Crippen molar-refractivity contribution in [3.8, 4) is 0 Å². The SMILES string of the molecule is CCC(C=O)CCCBr. The van der Waals surface area contributed by atoms with Gasteiger partial charge in [-0.2, -0.15) is 0 Å². The average molecular weight is 193 g/mol. The molecule has 0 aromatic rings. The summed E-state index contributed by atoms with van der Waals surface area (Å²) in [4.78, 5) is 10.2. The molecule has 0 aliphatic heterocycles. The van der Waals surface area contributed by atoms with Gasteiger partial charge in [0, 0.05) is 11.2 Å². The summed E-state index contributed by atoms with van der Waals surface area (Å²) < 4.78 is 0. The van der Waals surface area contributed by atoms with Gasteiger partial charge in [0.1, 0.15) is 6.29 Å². The quantitative estimate of drug-likeness (QED) is 0.484. The molecule has 54 valence electrons. The first-order chi connectivity index (χ1) is 4.35. The Kier molecular flexibility index (Phi) is 6.38. The smallest absolute Gasteiger partial charge is 0.123 e. The number of hydrogen-bond acceptors (Lipinski definition) is 1. The molecule has 0 aliphatic rings. The molecule has 2 heteroatoms. The average Bonchev–Trinajstić information content (AvgIpc) is 1.91. The lowest BCUT2D eigenvalue weighted by molar-refractivity contribution is -0.111. The Morgan fingerprint density at radius 2 is 2.33 bits per heavy atom. The number of carbonyl (C=O) groups is 1. The summed E-state index contributed by atoms with van der Waals surface area (Å²) in [6, 6.07) is 0. The highest BCUT2D eigenvalue weighted by Crippen LogP contribution is 2.08. The summed E-state index contributed by atoms with van der Waals surface area (Å²) in [5, 5.41) is 1.01. The van der Waals surface area contributed by atoms with Gasteiger partial charge in [0.2, 0.25) is 0 Å². The Morgan fingerprint density at radius 1 is 1.67 bits per heavy atom. The highest BCUT2D eigenvalue weighted by molar-refractivity contribution is 9.09. The van der Waals surface area contributed by atoms with Gasteiger partial charge in [0.25, 0.3) is 0 Å². The fraction of sp³-hybridized carbons (Fsp3) is 0.857. The molecule has 0 spiro atoms. The zero-order valence-electron chi connectivity index (χ0n) is 5.77. The minimum absolute atomic E-state index is 0.294. The second-order valence-corrected chi connectivity index (χ2v) is 2.93. The molecule has 0 aromatic heterocycles. The number of aldehydes is 1. The van der Waals surface area contributed by atoms with E-state index in [0.29, 0.717) is 5.92 Å². The van der Waals surface area contributed by atoms with E-state index < -0.39 is 0 Å². The Morgan fingerprint density at radius 3 is 2.67 bits per heavy atom. The van der Waals surface area contributed by atoms with Gasteiger partial charge in [-0.15, -0.1) is 0 Å². The maximum Gasteiger partial charge on any atom is 0.123 e. The largest absolute Gasteiger partial charge is 0.303 e. The predicted octanol–water partition coefficient (Wildman–Crippen LogP) is 2.39. The molecule has 1 unspecified atom stereocenters. The lowest BCUT2D eigenvalue weighted by atomic mass is 10.0. The molecule has 0 bridgehead atoms. The molecule has 0 radical (unpaired) electrons. The fourth-order valence-corrected chi connectivity index (χ4v) is 1.03. The third-order valence-electron chi connectivity index (χ3n) is 1.43. The Bertz CT molecular complexity index is 73.3. The number of carbonyl (C=O) groups excluding carboxylic acids is 1. The molecule has 0 aliphatic carbocycles. The third kappa shape index (κ3) is 4.64. The minimum atomic E-state index is 0.294. The van der Waals surface area contributed by atoms with E-state index in [4.69, 9.17) is 0 Å². The molecule has 0 N–H and O–H groups in total. The highest BCUT2D eigenvalue weighted by atomic mass is 79.9. The van der Waals surface area contributed by atoms with Crippen molar-refractivity contribution < 1.29 is 4.79 Å². The van der Waals surface area contributed by atoms with Crippen molar-refractivity contribution in [1.82, 2.24) is 0 Å². The van der Waals surface area contributed by atoms with Crippen LogP contribution in [0.5, 0.6) is 0 Å². The maximum absolute atomic E-state index is 10.2. The predicted molar refractivity (Wildman–Crippen MR) is 42.9 cm³/mol. The van der Waals surface area contributed by atoms with Gasteiger partial charge in [-0.1, -0.05) is 22.9 Å². The number of rotatable bonds is 5. The summed E-state index contributed by atoms with van der Waals surface area (Å²) >= 11 is 3.32. The first-order valence-electron chi connectivity index (χ1n) is 3.36. The van der Waals surface area contributed by atoms with Crippen LogP contribution in [-0.4, -0.2) is 11.6 Å². The first kappa shape index (κ1) is 9.15.